The van der Waals surface area contributed by atoms with Crippen molar-refractivity contribution in [1.82, 2.24) is 0 Å². The van der Waals surface area contributed by atoms with Crippen LogP contribution in [0.15, 0.2) is 72.8 Å². The molecule has 0 saturated carbocycles. The Hall–Kier alpha value is -3.31. The summed E-state index contributed by atoms with van der Waals surface area (Å²) in [6.45, 7) is 1.99. The highest BCUT2D eigenvalue weighted by Crippen LogP contribution is 2.29. The van der Waals surface area contributed by atoms with Crippen LogP contribution in [0.2, 0.25) is 0 Å². The van der Waals surface area contributed by atoms with Crippen molar-refractivity contribution in [2.75, 3.05) is 7.11 Å². The number of carbonyl (C=O) groups excluding carboxylic acids is 1. The second kappa shape index (κ2) is 7.51. The number of ether oxygens (including phenoxy) is 1. The number of methoxy groups -OCH3 is 1. The van der Waals surface area contributed by atoms with Crippen molar-refractivity contribution in [2.24, 2.45) is 0 Å². The van der Waals surface area contributed by atoms with Crippen LogP contribution in [0.5, 0.6) is 5.75 Å². The molecule has 3 rings (SSSR count). The van der Waals surface area contributed by atoms with E-state index in [2.05, 4.69) is 11.8 Å². The molecule has 3 aromatic carbocycles. The molecule has 0 fully saturated rings. The number of aryl methyl sites for hydroxylation is 1. The molecule has 0 aromatic heterocycles. The van der Waals surface area contributed by atoms with Crippen molar-refractivity contribution >= 4 is 5.78 Å². The zero-order valence-corrected chi connectivity index (χ0v) is 14.2. The number of hydrogen-bond acceptors (Lipinski definition) is 2. The van der Waals surface area contributed by atoms with Crippen LogP contribution in [0.3, 0.4) is 0 Å². The van der Waals surface area contributed by atoms with E-state index >= 15 is 0 Å². The minimum Gasteiger partial charge on any atom is -0.496 e. The van der Waals surface area contributed by atoms with Crippen LogP contribution in [0.1, 0.15) is 21.5 Å². The van der Waals surface area contributed by atoms with Crippen molar-refractivity contribution < 1.29 is 9.53 Å². The largest absolute Gasteiger partial charge is 0.496 e. The first-order valence-electron chi connectivity index (χ1n) is 8.04. The number of carbonyl (C=O) groups is 1. The summed E-state index contributed by atoms with van der Waals surface area (Å²) < 4.78 is 5.40. The van der Waals surface area contributed by atoms with Gasteiger partial charge in [-0.3, -0.25) is 4.79 Å². The molecule has 0 aliphatic carbocycles. The Labute approximate surface area is 148 Å². The Morgan fingerprint density at radius 1 is 0.920 bits per heavy atom. The monoisotopic (exact) mass is 326 g/mol. The molecule has 0 N–H and O–H groups in total. The minimum absolute atomic E-state index is 0.195. The average molecular weight is 326 g/mol. The van der Waals surface area contributed by atoms with Gasteiger partial charge in [-0.05, 0) is 53.8 Å². The first-order valence-corrected chi connectivity index (χ1v) is 8.04. The summed E-state index contributed by atoms with van der Waals surface area (Å²) in [4.78, 5) is 12.6. The number of hydrogen-bond donors (Lipinski definition) is 0. The summed E-state index contributed by atoms with van der Waals surface area (Å²) in [5.41, 5.74) is 4.27. The number of benzene rings is 3. The van der Waals surface area contributed by atoms with Crippen LogP contribution in [-0.2, 0) is 0 Å². The number of rotatable bonds is 3. The van der Waals surface area contributed by atoms with E-state index in [4.69, 9.17) is 4.74 Å². The van der Waals surface area contributed by atoms with Gasteiger partial charge < -0.3 is 4.74 Å². The standard InChI is InChI=1S/C23H18O2/c1-17-12-14-19(16-23(17)25-2)20-10-6-7-11-21(20)22(24)15-13-18-8-4-3-5-9-18/h3-12,14,16H,1-2H3. The zero-order chi connectivity index (χ0) is 17.6. The van der Waals surface area contributed by atoms with Gasteiger partial charge in [-0.25, -0.2) is 0 Å². The quantitative estimate of drug-likeness (QED) is 0.505. The van der Waals surface area contributed by atoms with Gasteiger partial charge in [0.05, 0.1) is 7.11 Å². The lowest BCUT2D eigenvalue weighted by molar-refractivity contribution is 0.105. The van der Waals surface area contributed by atoms with E-state index in [0.717, 1.165) is 28.0 Å². The average Bonchev–Trinajstić information content (AvgIpc) is 2.67. The van der Waals surface area contributed by atoms with Gasteiger partial charge in [-0.1, -0.05) is 54.5 Å². The van der Waals surface area contributed by atoms with Crippen molar-refractivity contribution in [3.8, 4) is 28.7 Å². The predicted molar refractivity (Wildman–Crippen MR) is 101 cm³/mol. The van der Waals surface area contributed by atoms with Gasteiger partial charge in [-0.2, -0.15) is 0 Å². The van der Waals surface area contributed by atoms with E-state index < -0.39 is 0 Å². The molecule has 0 saturated heterocycles. The normalized spacial score (nSPS) is 9.84. The fourth-order valence-electron chi connectivity index (χ4n) is 2.64. The van der Waals surface area contributed by atoms with Gasteiger partial charge in [0.2, 0.25) is 5.78 Å². The summed E-state index contributed by atoms with van der Waals surface area (Å²) in [6, 6.07) is 23.0. The maximum absolute atomic E-state index is 12.6. The second-order valence-electron chi connectivity index (χ2n) is 5.68. The van der Waals surface area contributed by atoms with Crippen LogP contribution < -0.4 is 4.74 Å². The van der Waals surface area contributed by atoms with Crippen LogP contribution in [0, 0.1) is 18.8 Å². The molecule has 0 aliphatic heterocycles. The number of ketones is 1. The van der Waals surface area contributed by atoms with Crippen molar-refractivity contribution in [1.29, 1.82) is 0 Å². The van der Waals surface area contributed by atoms with Crippen LogP contribution in [0.4, 0.5) is 0 Å². The molecule has 2 nitrogen and oxygen atoms in total. The van der Waals surface area contributed by atoms with Crippen LogP contribution >= 0.6 is 0 Å². The third-order valence-electron chi connectivity index (χ3n) is 3.98. The summed E-state index contributed by atoms with van der Waals surface area (Å²) >= 11 is 0. The van der Waals surface area contributed by atoms with Gasteiger partial charge >= 0.3 is 0 Å². The summed E-state index contributed by atoms with van der Waals surface area (Å²) in [5, 5.41) is 0. The molecule has 0 unspecified atom stereocenters. The fraction of sp³-hybridized carbons (Fsp3) is 0.0870. The van der Waals surface area contributed by atoms with Gasteiger partial charge in [0.15, 0.2) is 0 Å². The zero-order valence-electron chi connectivity index (χ0n) is 14.2. The first-order chi connectivity index (χ1) is 12.2. The minimum atomic E-state index is -0.195. The van der Waals surface area contributed by atoms with Gasteiger partial charge in [-0.15, -0.1) is 0 Å². The van der Waals surface area contributed by atoms with Gasteiger partial charge in [0.25, 0.3) is 0 Å². The second-order valence-corrected chi connectivity index (χ2v) is 5.68. The Balaban J connectivity index is 1.99. The van der Waals surface area contributed by atoms with Crippen molar-refractivity contribution in [3.05, 3.63) is 89.5 Å². The maximum Gasteiger partial charge on any atom is 0.236 e. The molecule has 3 aromatic rings. The molecule has 25 heavy (non-hydrogen) atoms. The third-order valence-corrected chi connectivity index (χ3v) is 3.98. The highest BCUT2D eigenvalue weighted by molar-refractivity contribution is 6.13. The van der Waals surface area contributed by atoms with Crippen LogP contribution in [-0.4, -0.2) is 12.9 Å². The fourth-order valence-corrected chi connectivity index (χ4v) is 2.64. The summed E-state index contributed by atoms with van der Waals surface area (Å²) in [7, 11) is 1.65. The molecule has 0 amide bonds. The molecule has 0 heterocycles. The molecule has 0 atom stereocenters. The summed E-state index contributed by atoms with van der Waals surface area (Å²) in [5.74, 6) is 6.28. The van der Waals surface area contributed by atoms with E-state index in [1.54, 1.807) is 7.11 Å². The van der Waals surface area contributed by atoms with E-state index in [1.165, 1.54) is 0 Å². The molecular formula is C23H18O2. The van der Waals surface area contributed by atoms with Crippen molar-refractivity contribution in [2.45, 2.75) is 6.92 Å². The molecular weight excluding hydrogens is 308 g/mol. The SMILES string of the molecule is COc1cc(-c2ccccc2C(=O)C#Cc2ccccc2)ccc1C. The molecule has 0 bridgehead atoms. The van der Waals surface area contributed by atoms with E-state index in [1.807, 2.05) is 79.7 Å². The lowest BCUT2D eigenvalue weighted by Gasteiger charge is -2.10. The summed E-state index contributed by atoms with van der Waals surface area (Å²) in [6.07, 6.45) is 0. The molecule has 122 valence electrons. The molecule has 0 aliphatic rings. The predicted octanol–water partition coefficient (Wildman–Crippen LogP) is 4.91. The van der Waals surface area contributed by atoms with Gasteiger partial charge in [0.1, 0.15) is 5.75 Å². The lowest BCUT2D eigenvalue weighted by Crippen LogP contribution is -1.99. The third kappa shape index (κ3) is 3.79. The Morgan fingerprint density at radius 2 is 1.64 bits per heavy atom. The lowest BCUT2D eigenvalue weighted by atomic mass is 9.96. The highest BCUT2D eigenvalue weighted by Gasteiger charge is 2.12. The van der Waals surface area contributed by atoms with Crippen molar-refractivity contribution in [3.63, 3.8) is 0 Å². The molecule has 0 radical (unpaired) electrons. The van der Waals surface area contributed by atoms with Gasteiger partial charge in [0, 0.05) is 11.1 Å². The number of Topliss-reactive ketones (excluding diaryl/α,β-unsaturated/α-hetero) is 1. The molecule has 0 spiro atoms. The smallest absolute Gasteiger partial charge is 0.236 e. The van der Waals surface area contributed by atoms with E-state index in [-0.39, 0.29) is 5.78 Å². The van der Waals surface area contributed by atoms with Crippen LogP contribution in [0.25, 0.3) is 11.1 Å². The Morgan fingerprint density at radius 3 is 2.40 bits per heavy atom. The first kappa shape index (κ1) is 16.5. The molecule has 2 heteroatoms. The van der Waals surface area contributed by atoms with E-state index in [9.17, 15) is 4.79 Å². The van der Waals surface area contributed by atoms with E-state index in [0.29, 0.717) is 5.56 Å². The highest BCUT2D eigenvalue weighted by atomic mass is 16.5. The Bertz CT molecular complexity index is 960. The maximum atomic E-state index is 12.6. The Kier molecular flexibility index (Phi) is 4.97. The topological polar surface area (TPSA) is 26.3 Å².